The molecule has 1 rings (SSSR count). The molecule has 0 aliphatic heterocycles. The second-order valence-corrected chi connectivity index (χ2v) is 6.28. The Morgan fingerprint density at radius 2 is 2.10 bits per heavy atom. The second-order valence-electron chi connectivity index (χ2n) is 6.28. The first-order valence-electron chi connectivity index (χ1n) is 6.94. The van der Waals surface area contributed by atoms with Crippen molar-refractivity contribution in [1.29, 1.82) is 0 Å². The minimum absolute atomic E-state index is 0.00152. The zero-order valence-corrected chi connectivity index (χ0v) is 12.8. The summed E-state index contributed by atoms with van der Waals surface area (Å²) in [6.45, 7) is 7.16. The van der Waals surface area contributed by atoms with Crippen LogP contribution >= 0.6 is 0 Å². The maximum Gasteiger partial charge on any atom is 0.222 e. The molecule has 1 aromatic rings. The average Bonchev–Trinajstić information content (AvgIpc) is 2.38. The van der Waals surface area contributed by atoms with E-state index in [0.717, 1.165) is 5.56 Å². The first-order chi connectivity index (χ1) is 9.25. The van der Waals surface area contributed by atoms with Gasteiger partial charge < -0.3 is 10.6 Å². The van der Waals surface area contributed by atoms with Crippen LogP contribution in [-0.4, -0.2) is 30.9 Å². The van der Waals surface area contributed by atoms with Crippen molar-refractivity contribution < 1.29 is 9.18 Å². The minimum atomic E-state index is -0.264. The Morgan fingerprint density at radius 1 is 1.45 bits per heavy atom. The largest absolute Gasteiger partial charge is 0.345 e. The topological polar surface area (TPSA) is 46.3 Å². The molecule has 0 radical (unpaired) electrons. The van der Waals surface area contributed by atoms with Gasteiger partial charge in [-0.2, -0.15) is 0 Å². The number of amides is 1. The van der Waals surface area contributed by atoms with E-state index < -0.39 is 0 Å². The maximum atomic E-state index is 13.2. The minimum Gasteiger partial charge on any atom is -0.345 e. The van der Waals surface area contributed by atoms with Crippen LogP contribution in [0.25, 0.3) is 0 Å². The van der Waals surface area contributed by atoms with Gasteiger partial charge in [0.15, 0.2) is 0 Å². The van der Waals surface area contributed by atoms with Crippen molar-refractivity contribution in [3.05, 3.63) is 35.6 Å². The van der Waals surface area contributed by atoms with Gasteiger partial charge in [0.05, 0.1) is 0 Å². The molecule has 1 atom stereocenters. The third kappa shape index (κ3) is 4.93. The Morgan fingerprint density at radius 3 is 2.65 bits per heavy atom. The second kappa shape index (κ2) is 6.84. The molecule has 0 saturated carbocycles. The van der Waals surface area contributed by atoms with Crippen LogP contribution in [0.5, 0.6) is 0 Å². The number of hydrogen-bond donors (Lipinski definition) is 1. The summed E-state index contributed by atoms with van der Waals surface area (Å²) < 4.78 is 13.2. The highest BCUT2D eigenvalue weighted by atomic mass is 19.1. The van der Waals surface area contributed by atoms with Crippen molar-refractivity contribution in [3.63, 3.8) is 0 Å². The lowest BCUT2D eigenvalue weighted by Gasteiger charge is -2.29. The average molecular weight is 280 g/mol. The van der Waals surface area contributed by atoms with Crippen LogP contribution in [0.4, 0.5) is 4.39 Å². The Labute approximate surface area is 121 Å². The van der Waals surface area contributed by atoms with Gasteiger partial charge in [0.2, 0.25) is 5.91 Å². The summed E-state index contributed by atoms with van der Waals surface area (Å²) in [7, 11) is 1.79. The molecule has 1 aromatic carbocycles. The number of nitrogens with zero attached hydrogens (tertiary/aromatic N) is 1. The van der Waals surface area contributed by atoms with Crippen molar-refractivity contribution in [2.45, 2.75) is 33.1 Å². The van der Waals surface area contributed by atoms with Crippen LogP contribution in [0.2, 0.25) is 0 Å². The lowest BCUT2D eigenvalue weighted by molar-refractivity contribution is -0.131. The normalized spacial score (nSPS) is 13.1. The zero-order chi connectivity index (χ0) is 15.3. The van der Waals surface area contributed by atoms with E-state index in [0.29, 0.717) is 19.5 Å². The Hall–Kier alpha value is -1.42. The molecular weight excluding hydrogens is 255 g/mol. The molecule has 0 fully saturated rings. The third-order valence-corrected chi connectivity index (χ3v) is 3.54. The summed E-state index contributed by atoms with van der Waals surface area (Å²) in [5.74, 6) is -0.204. The molecule has 1 unspecified atom stereocenters. The monoisotopic (exact) mass is 280 g/mol. The smallest absolute Gasteiger partial charge is 0.222 e. The molecule has 0 spiro atoms. The van der Waals surface area contributed by atoms with Crippen LogP contribution in [0.15, 0.2) is 24.3 Å². The van der Waals surface area contributed by atoms with Crippen molar-refractivity contribution in [3.8, 4) is 0 Å². The van der Waals surface area contributed by atoms with Gasteiger partial charge in [-0.15, -0.1) is 0 Å². The standard InChI is InChI=1S/C16H25FN2O/c1-12(13-6-5-7-14(17)9-13)8-15(20)19(4)11-16(2,3)10-18/h5-7,9,12H,8,10-11,18H2,1-4H3. The van der Waals surface area contributed by atoms with Gasteiger partial charge in [-0.25, -0.2) is 4.39 Å². The molecule has 0 aromatic heterocycles. The summed E-state index contributed by atoms with van der Waals surface area (Å²) in [4.78, 5) is 13.9. The van der Waals surface area contributed by atoms with E-state index >= 15 is 0 Å². The van der Waals surface area contributed by atoms with E-state index in [1.807, 2.05) is 26.8 Å². The van der Waals surface area contributed by atoms with Gasteiger partial charge in [-0.1, -0.05) is 32.9 Å². The SMILES string of the molecule is CC(CC(=O)N(C)CC(C)(C)CN)c1cccc(F)c1. The molecule has 0 saturated heterocycles. The predicted molar refractivity (Wildman–Crippen MR) is 79.9 cm³/mol. The van der Waals surface area contributed by atoms with E-state index in [9.17, 15) is 9.18 Å². The van der Waals surface area contributed by atoms with E-state index in [1.54, 1.807) is 18.0 Å². The third-order valence-electron chi connectivity index (χ3n) is 3.54. The van der Waals surface area contributed by atoms with Crippen LogP contribution in [0.1, 0.15) is 38.7 Å². The number of benzene rings is 1. The fourth-order valence-corrected chi connectivity index (χ4v) is 2.14. The van der Waals surface area contributed by atoms with Crippen LogP contribution in [0.3, 0.4) is 0 Å². The van der Waals surface area contributed by atoms with Gasteiger partial charge in [-0.05, 0) is 35.6 Å². The van der Waals surface area contributed by atoms with Gasteiger partial charge in [0, 0.05) is 20.0 Å². The Balaban J connectivity index is 2.61. The van der Waals surface area contributed by atoms with Crippen molar-refractivity contribution in [2.75, 3.05) is 20.1 Å². The molecular formula is C16H25FN2O. The summed E-state index contributed by atoms with van der Waals surface area (Å²) in [6.07, 6.45) is 0.376. The lowest BCUT2D eigenvalue weighted by atomic mass is 9.92. The molecule has 2 N–H and O–H groups in total. The Bertz CT molecular complexity index is 460. The number of carbonyl (C=O) groups excluding carboxylic acids is 1. The number of hydrogen-bond acceptors (Lipinski definition) is 2. The first-order valence-corrected chi connectivity index (χ1v) is 6.94. The van der Waals surface area contributed by atoms with E-state index in [1.165, 1.54) is 12.1 Å². The maximum absolute atomic E-state index is 13.2. The fourth-order valence-electron chi connectivity index (χ4n) is 2.14. The molecule has 0 aliphatic rings. The van der Waals surface area contributed by atoms with Gasteiger partial charge >= 0.3 is 0 Å². The zero-order valence-electron chi connectivity index (χ0n) is 12.8. The summed E-state index contributed by atoms with van der Waals surface area (Å²) >= 11 is 0. The number of rotatable bonds is 6. The van der Waals surface area contributed by atoms with Crippen molar-refractivity contribution in [1.82, 2.24) is 4.90 Å². The van der Waals surface area contributed by atoms with Gasteiger partial charge in [0.1, 0.15) is 5.82 Å². The predicted octanol–water partition coefficient (Wildman–Crippen LogP) is 2.76. The van der Waals surface area contributed by atoms with Crippen LogP contribution in [0, 0.1) is 11.2 Å². The van der Waals surface area contributed by atoms with Crippen molar-refractivity contribution in [2.24, 2.45) is 11.1 Å². The van der Waals surface area contributed by atoms with Gasteiger partial charge in [-0.3, -0.25) is 4.79 Å². The molecule has 1 amide bonds. The highest BCUT2D eigenvalue weighted by Gasteiger charge is 2.22. The quantitative estimate of drug-likeness (QED) is 0.871. The number of carbonyl (C=O) groups is 1. The Kier molecular flexibility index (Phi) is 5.69. The molecule has 0 heterocycles. The molecule has 0 bridgehead atoms. The van der Waals surface area contributed by atoms with Gasteiger partial charge in [0.25, 0.3) is 0 Å². The van der Waals surface area contributed by atoms with Crippen molar-refractivity contribution >= 4 is 5.91 Å². The van der Waals surface area contributed by atoms with E-state index in [4.69, 9.17) is 5.73 Å². The molecule has 0 aliphatic carbocycles. The lowest BCUT2D eigenvalue weighted by Crippen LogP contribution is -2.40. The van der Waals surface area contributed by atoms with E-state index in [-0.39, 0.29) is 23.1 Å². The highest BCUT2D eigenvalue weighted by molar-refractivity contribution is 5.76. The molecule has 3 nitrogen and oxygen atoms in total. The highest BCUT2D eigenvalue weighted by Crippen LogP contribution is 2.22. The molecule has 20 heavy (non-hydrogen) atoms. The van der Waals surface area contributed by atoms with Crippen LogP contribution < -0.4 is 5.73 Å². The van der Waals surface area contributed by atoms with E-state index in [2.05, 4.69) is 0 Å². The number of halogens is 1. The molecule has 4 heteroatoms. The summed E-state index contributed by atoms with van der Waals surface area (Å²) in [6, 6.07) is 6.42. The fraction of sp³-hybridized carbons (Fsp3) is 0.562. The van der Waals surface area contributed by atoms with Crippen LogP contribution in [-0.2, 0) is 4.79 Å². The first kappa shape index (κ1) is 16.6. The summed E-state index contributed by atoms with van der Waals surface area (Å²) in [5, 5.41) is 0. The summed E-state index contributed by atoms with van der Waals surface area (Å²) in [5.41, 5.74) is 6.44. The molecule has 112 valence electrons. The number of nitrogens with two attached hydrogens (primary N) is 1.